The molecule has 4 aliphatic carbocycles. The Morgan fingerprint density at radius 1 is 0.769 bits per heavy atom. The van der Waals surface area contributed by atoms with E-state index in [9.17, 15) is 4.79 Å². The molecule has 0 N–H and O–H groups in total. The molecule has 3 aliphatic heterocycles. The van der Waals surface area contributed by atoms with Crippen molar-refractivity contribution in [2.75, 3.05) is 6.61 Å². The van der Waals surface area contributed by atoms with E-state index in [1.54, 1.807) is 0 Å². The minimum Gasteiger partial charge on any atom is -0.462 e. The normalized spacial score (nSPS) is 57.3. The van der Waals surface area contributed by atoms with Gasteiger partial charge in [0.1, 0.15) is 12.2 Å². The van der Waals surface area contributed by atoms with Crippen LogP contribution in [-0.4, -0.2) is 30.6 Å². The predicted molar refractivity (Wildman–Crippen MR) is 151 cm³/mol. The lowest BCUT2D eigenvalue weighted by atomic mass is 9.26. The Labute approximate surface area is 237 Å². The monoisotopic (exact) mass is 544 g/mol. The smallest absolute Gasteiger partial charge is 0.302 e. The molecule has 2 bridgehead atoms. The van der Waals surface area contributed by atoms with Crippen molar-refractivity contribution >= 4 is 5.97 Å². The van der Waals surface area contributed by atoms with Gasteiger partial charge in [0.15, 0.2) is 0 Å². The van der Waals surface area contributed by atoms with E-state index in [0.717, 1.165) is 19.3 Å². The molecule has 3 saturated heterocycles. The zero-order valence-electron chi connectivity index (χ0n) is 26.8. The van der Waals surface area contributed by atoms with E-state index in [-0.39, 0.29) is 45.3 Å². The molecule has 7 aliphatic rings. The maximum absolute atomic E-state index is 12.1. The number of carbonyl (C=O) groups is 1. The Morgan fingerprint density at radius 3 is 2.03 bits per heavy atom. The molecule has 0 radical (unpaired) electrons. The van der Waals surface area contributed by atoms with Gasteiger partial charge in [0, 0.05) is 17.8 Å². The summed E-state index contributed by atoms with van der Waals surface area (Å²) in [5.74, 6) is -0.523. The average molecular weight is 545 g/mol. The maximum Gasteiger partial charge on any atom is 0.302 e. The van der Waals surface area contributed by atoms with E-state index in [1.165, 1.54) is 45.4 Å². The summed E-state index contributed by atoms with van der Waals surface area (Å²) in [5.41, 5.74) is -0.00147. The number of esters is 1. The number of ether oxygens (including phenoxy) is 2. The van der Waals surface area contributed by atoms with E-state index < -0.39 is 11.2 Å². The summed E-state index contributed by atoms with van der Waals surface area (Å²) in [6, 6.07) is 0. The third-order valence-electron chi connectivity index (χ3n) is 15.8. The van der Waals surface area contributed by atoms with Gasteiger partial charge in [0.25, 0.3) is 0 Å². The van der Waals surface area contributed by atoms with Crippen LogP contribution >= 0.6 is 0 Å². The molecular formula is C34H56O5. The van der Waals surface area contributed by atoms with E-state index in [4.69, 9.17) is 19.2 Å². The summed E-state index contributed by atoms with van der Waals surface area (Å²) in [6.45, 7) is 26.8. The summed E-state index contributed by atoms with van der Waals surface area (Å²) in [4.78, 5) is 25.4. The predicted octanol–water partition coefficient (Wildman–Crippen LogP) is 8.25. The van der Waals surface area contributed by atoms with Crippen molar-refractivity contribution in [1.29, 1.82) is 0 Å². The summed E-state index contributed by atoms with van der Waals surface area (Å²) < 4.78 is 13.0. The van der Waals surface area contributed by atoms with Gasteiger partial charge in [-0.15, -0.1) is 0 Å². The van der Waals surface area contributed by atoms with E-state index in [2.05, 4.69) is 69.2 Å². The second-order valence-corrected chi connectivity index (χ2v) is 17.6. The van der Waals surface area contributed by atoms with Crippen molar-refractivity contribution < 1.29 is 24.0 Å². The highest BCUT2D eigenvalue weighted by Gasteiger charge is 2.84. The van der Waals surface area contributed by atoms with E-state index >= 15 is 0 Å². The highest BCUT2D eigenvalue weighted by atomic mass is 17.2. The molecule has 222 valence electrons. The number of rotatable bonds is 1. The molecule has 7 rings (SSSR count). The van der Waals surface area contributed by atoms with Crippen LogP contribution in [0.15, 0.2) is 0 Å². The molecule has 39 heavy (non-hydrogen) atoms. The van der Waals surface area contributed by atoms with Crippen LogP contribution in [0.5, 0.6) is 0 Å². The Morgan fingerprint density at radius 2 is 1.41 bits per heavy atom. The zero-order valence-corrected chi connectivity index (χ0v) is 26.8. The fourth-order valence-corrected chi connectivity index (χ4v) is 12.5. The lowest BCUT2D eigenvalue weighted by molar-refractivity contribution is -0.539. The Hall–Kier alpha value is -0.650. The first-order valence-electron chi connectivity index (χ1n) is 16.0. The van der Waals surface area contributed by atoms with Crippen LogP contribution in [0.3, 0.4) is 0 Å². The van der Waals surface area contributed by atoms with Crippen LogP contribution in [0.1, 0.15) is 134 Å². The molecule has 1 spiro atoms. The molecular weight excluding hydrogens is 488 g/mol. The first-order valence-corrected chi connectivity index (χ1v) is 16.0. The van der Waals surface area contributed by atoms with Crippen LogP contribution in [0, 0.1) is 49.2 Å². The fraction of sp³-hybridized carbons (Fsp3) is 0.971. The number of fused-ring (bicyclic) bond motifs is 5. The minimum absolute atomic E-state index is 0.0717. The number of carbonyl (C=O) groups excluding carboxylic acids is 1. The molecule has 0 amide bonds. The third-order valence-corrected chi connectivity index (χ3v) is 15.8. The summed E-state index contributed by atoms with van der Waals surface area (Å²) >= 11 is 0. The summed E-state index contributed by atoms with van der Waals surface area (Å²) in [7, 11) is 0. The van der Waals surface area contributed by atoms with Crippen LogP contribution in [0.2, 0.25) is 0 Å². The summed E-state index contributed by atoms with van der Waals surface area (Å²) in [5, 5.41) is 0. The van der Waals surface area contributed by atoms with Gasteiger partial charge in [-0.25, -0.2) is 4.89 Å². The van der Waals surface area contributed by atoms with Crippen molar-refractivity contribution in [1.82, 2.24) is 0 Å². The topological polar surface area (TPSA) is 54.0 Å². The van der Waals surface area contributed by atoms with Crippen LogP contribution < -0.4 is 0 Å². The van der Waals surface area contributed by atoms with Gasteiger partial charge < -0.3 is 9.47 Å². The molecule has 0 aromatic carbocycles. The van der Waals surface area contributed by atoms with Gasteiger partial charge in [-0.2, -0.15) is 4.89 Å². The highest BCUT2D eigenvalue weighted by Crippen LogP contribution is 2.84. The lowest BCUT2D eigenvalue weighted by Gasteiger charge is -2.77. The molecule has 7 fully saturated rings. The van der Waals surface area contributed by atoms with Gasteiger partial charge in [0.05, 0.1) is 12.0 Å². The molecule has 5 nitrogen and oxygen atoms in total. The van der Waals surface area contributed by atoms with Crippen molar-refractivity contribution in [3.05, 3.63) is 0 Å². The average Bonchev–Trinajstić information content (AvgIpc) is 2.96. The molecule has 10 atom stereocenters. The molecule has 3 heterocycles. The zero-order chi connectivity index (χ0) is 28.7. The number of hydrogen-bond donors (Lipinski definition) is 0. The molecule has 10 unspecified atom stereocenters. The van der Waals surface area contributed by atoms with Crippen molar-refractivity contribution in [3.8, 4) is 0 Å². The molecule has 5 heteroatoms. The van der Waals surface area contributed by atoms with E-state index in [1.807, 2.05) is 0 Å². The second-order valence-electron chi connectivity index (χ2n) is 17.6. The van der Waals surface area contributed by atoms with Gasteiger partial charge in [-0.1, -0.05) is 69.2 Å². The highest BCUT2D eigenvalue weighted by molar-refractivity contribution is 5.66. The van der Waals surface area contributed by atoms with Gasteiger partial charge >= 0.3 is 5.97 Å². The third kappa shape index (κ3) is 2.97. The van der Waals surface area contributed by atoms with Crippen LogP contribution in [-0.2, 0) is 24.0 Å². The van der Waals surface area contributed by atoms with E-state index in [0.29, 0.717) is 23.4 Å². The molecule has 0 aromatic heterocycles. The minimum atomic E-state index is -0.985. The van der Waals surface area contributed by atoms with Gasteiger partial charge in [0.2, 0.25) is 5.79 Å². The Balaban J connectivity index is 1.52. The Bertz CT molecular complexity index is 1060. The van der Waals surface area contributed by atoms with Gasteiger partial charge in [-0.3, -0.25) is 4.79 Å². The van der Waals surface area contributed by atoms with Gasteiger partial charge in [-0.05, 0) is 90.8 Å². The summed E-state index contributed by atoms with van der Waals surface area (Å²) in [6.07, 6.45) is 10.2. The van der Waals surface area contributed by atoms with Crippen LogP contribution in [0.4, 0.5) is 0 Å². The first-order chi connectivity index (χ1) is 17.8. The first kappa shape index (κ1) is 28.5. The maximum atomic E-state index is 12.1. The quantitative estimate of drug-likeness (QED) is 0.246. The van der Waals surface area contributed by atoms with Crippen molar-refractivity contribution in [2.24, 2.45) is 49.2 Å². The van der Waals surface area contributed by atoms with Crippen molar-refractivity contribution in [3.63, 3.8) is 0 Å². The van der Waals surface area contributed by atoms with Crippen molar-refractivity contribution in [2.45, 2.75) is 152 Å². The molecule has 4 saturated carbocycles. The SMILES string of the molecule is CC(=O)OC1CCC2(C)C3(C)CCC4(C)C5CC(C)(C)CCC5(C)CCC4(C)C3(C)C3COC2(OO3)C1(C)C. The Kier molecular flexibility index (Phi) is 5.72. The number of hydrogen-bond acceptors (Lipinski definition) is 5. The lowest BCUT2D eigenvalue weighted by Crippen LogP contribution is -2.75. The molecule has 0 aromatic rings. The fourth-order valence-electron chi connectivity index (χ4n) is 12.5. The standard InChI is InChI=1S/C34H56O5/c1-22(35)37-24-12-13-32(10)31(9)19-17-29(7)23-20-26(2,3)14-15-28(23,6)16-18-30(29,8)33(31,11)25-21-36-34(32,39-38-25)27(24,4)5/h23-25H,12-21H2,1-11H3. The van der Waals surface area contributed by atoms with Crippen LogP contribution in [0.25, 0.3) is 0 Å². The largest absolute Gasteiger partial charge is 0.462 e. The second kappa shape index (κ2) is 7.84.